The number of aromatic amines is 1. The summed E-state index contributed by atoms with van der Waals surface area (Å²) in [5.74, 6) is 1.81. The van der Waals surface area contributed by atoms with E-state index in [4.69, 9.17) is 4.74 Å². The summed E-state index contributed by atoms with van der Waals surface area (Å²) >= 11 is 0. The Labute approximate surface area is 197 Å². The summed E-state index contributed by atoms with van der Waals surface area (Å²) in [6.45, 7) is 13.1. The van der Waals surface area contributed by atoms with Crippen molar-refractivity contribution in [3.05, 3.63) is 46.4 Å². The summed E-state index contributed by atoms with van der Waals surface area (Å²) in [6, 6.07) is 6.06. The van der Waals surface area contributed by atoms with Crippen molar-refractivity contribution in [3.8, 4) is 5.75 Å². The lowest BCUT2D eigenvalue weighted by Gasteiger charge is -2.20. The number of carbonyl (C=O) groups is 1. The molecule has 2 aromatic heterocycles. The van der Waals surface area contributed by atoms with Crippen LogP contribution in [0.2, 0.25) is 0 Å². The molecule has 3 rings (SSSR count). The smallest absolute Gasteiger partial charge is 0.261 e. The molecule has 0 saturated heterocycles. The fourth-order valence-electron chi connectivity index (χ4n) is 4.16. The minimum atomic E-state index is -0.497. The molecule has 2 heterocycles. The van der Waals surface area contributed by atoms with Gasteiger partial charge in [-0.05, 0) is 51.2 Å². The molecular weight excluding hydrogens is 414 g/mol. The number of H-pyrrole nitrogens is 1. The maximum absolute atomic E-state index is 13.0. The normalized spacial score (nSPS) is 12.5. The van der Waals surface area contributed by atoms with E-state index < -0.39 is 6.10 Å². The largest absolute Gasteiger partial charge is 0.480 e. The van der Waals surface area contributed by atoms with Crippen molar-refractivity contribution in [2.75, 3.05) is 6.54 Å². The molecule has 33 heavy (non-hydrogen) atoms. The highest BCUT2D eigenvalue weighted by atomic mass is 16.5. The SMILES string of the molecule is CCCCCCC(Oc1ccc(C)cc1C)C(=O)NCCc1nc2c(C)c(C(C)C)[nH]n2n1. The van der Waals surface area contributed by atoms with Crippen LogP contribution in [0.4, 0.5) is 0 Å². The van der Waals surface area contributed by atoms with Crippen LogP contribution in [0.25, 0.3) is 5.65 Å². The zero-order chi connectivity index (χ0) is 24.0. The molecule has 1 atom stereocenters. The molecule has 7 heteroatoms. The summed E-state index contributed by atoms with van der Waals surface area (Å²) in [5.41, 5.74) is 5.37. The maximum Gasteiger partial charge on any atom is 0.261 e. The third-order valence-corrected chi connectivity index (χ3v) is 6.05. The number of benzene rings is 1. The Morgan fingerprint density at radius 2 is 1.97 bits per heavy atom. The predicted molar refractivity (Wildman–Crippen MR) is 132 cm³/mol. The molecular formula is C26H39N5O2. The van der Waals surface area contributed by atoms with Gasteiger partial charge in [-0.3, -0.25) is 9.89 Å². The molecule has 0 aliphatic carbocycles. The van der Waals surface area contributed by atoms with Crippen LogP contribution in [-0.2, 0) is 11.2 Å². The van der Waals surface area contributed by atoms with Crippen LogP contribution in [-0.4, -0.2) is 38.4 Å². The molecule has 0 fully saturated rings. The number of ether oxygens (including phenoxy) is 1. The highest BCUT2D eigenvalue weighted by Crippen LogP contribution is 2.22. The molecule has 0 bridgehead atoms. The van der Waals surface area contributed by atoms with Crippen LogP contribution in [0.1, 0.15) is 87.0 Å². The topological polar surface area (TPSA) is 84.3 Å². The molecule has 0 aliphatic heterocycles. The van der Waals surface area contributed by atoms with Gasteiger partial charge in [-0.2, -0.15) is 4.63 Å². The number of aryl methyl sites for hydroxylation is 3. The standard InChI is InChI=1S/C26H39N5O2/c1-7-8-9-10-11-22(33-21-13-12-18(4)16-19(21)5)26(32)27-15-14-23-28-25-20(6)24(17(2)3)30-31(25)29-23/h12-13,16-17,22,30H,7-11,14-15H2,1-6H3,(H,27,32). The fourth-order valence-corrected chi connectivity index (χ4v) is 4.16. The van der Waals surface area contributed by atoms with E-state index in [0.29, 0.717) is 25.3 Å². The second kappa shape index (κ2) is 11.3. The van der Waals surface area contributed by atoms with E-state index in [1.807, 2.05) is 19.1 Å². The van der Waals surface area contributed by atoms with Gasteiger partial charge in [0.05, 0.1) is 0 Å². The second-order valence-corrected chi connectivity index (χ2v) is 9.33. The summed E-state index contributed by atoms with van der Waals surface area (Å²) in [7, 11) is 0. The zero-order valence-corrected chi connectivity index (χ0v) is 21.0. The number of carbonyl (C=O) groups excluding carboxylic acids is 1. The van der Waals surface area contributed by atoms with Crippen molar-refractivity contribution >= 4 is 11.6 Å². The van der Waals surface area contributed by atoms with Crippen LogP contribution in [0.3, 0.4) is 0 Å². The van der Waals surface area contributed by atoms with Gasteiger partial charge < -0.3 is 10.1 Å². The summed E-state index contributed by atoms with van der Waals surface area (Å²) in [5, 5.41) is 10.9. The molecule has 0 saturated carbocycles. The molecule has 0 spiro atoms. The van der Waals surface area contributed by atoms with Gasteiger partial charge in [0.2, 0.25) is 0 Å². The van der Waals surface area contributed by atoms with Gasteiger partial charge in [0.15, 0.2) is 17.6 Å². The van der Waals surface area contributed by atoms with Gasteiger partial charge in [0.1, 0.15) is 5.75 Å². The van der Waals surface area contributed by atoms with Gasteiger partial charge in [-0.15, -0.1) is 5.10 Å². The third-order valence-electron chi connectivity index (χ3n) is 6.05. The van der Waals surface area contributed by atoms with E-state index in [9.17, 15) is 4.79 Å². The first-order valence-corrected chi connectivity index (χ1v) is 12.3. The lowest BCUT2D eigenvalue weighted by atomic mass is 10.1. The summed E-state index contributed by atoms with van der Waals surface area (Å²) in [6.07, 6.45) is 5.21. The summed E-state index contributed by atoms with van der Waals surface area (Å²) < 4.78 is 7.92. The summed E-state index contributed by atoms with van der Waals surface area (Å²) in [4.78, 5) is 17.6. The van der Waals surface area contributed by atoms with Crippen molar-refractivity contribution < 1.29 is 9.53 Å². The average molecular weight is 454 g/mol. The number of amides is 1. The van der Waals surface area contributed by atoms with Gasteiger partial charge in [0.25, 0.3) is 5.91 Å². The molecule has 1 aromatic carbocycles. The van der Waals surface area contributed by atoms with E-state index >= 15 is 0 Å². The lowest BCUT2D eigenvalue weighted by molar-refractivity contribution is -0.128. The Morgan fingerprint density at radius 3 is 2.64 bits per heavy atom. The van der Waals surface area contributed by atoms with E-state index in [2.05, 4.69) is 61.2 Å². The Kier molecular flexibility index (Phi) is 8.53. The molecule has 180 valence electrons. The molecule has 3 aromatic rings. The first-order chi connectivity index (χ1) is 15.8. The average Bonchev–Trinajstić information content (AvgIpc) is 3.30. The van der Waals surface area contributed by atoms with Crippen molar-refractivity contribution in [1.82, 2.24) is 25.1 Å². The Balaban J connectivity index is 1.60. The van der Waals surface area contributed by atoms with E-state index in [0.717, 1.165) is 46.9 Å². The quantitative estimate of drug-likeness (QED) is 0.370. The highest BCUT2D eigenvalue weighted by Gasteiger charge is 2.21. The van der Waals surface area contributed by atoms with Gasteiger partial charge >= 0.3 is 0 Å². The minimum Gasteiger partial charge on any atom is -0.480 e. The van der Waals surface area contributed by atoms with Gasteiger partial charge in [-0.1, -0.05) is 57.7 Å². The predicted octanol–water partition coefficient (Wildman–Crippen LogP) is 5.18. The molecule has 1 amide bonds. The van der Waals surface area contributed by atoms with Crippen molar-refractivity contribution in [2.24, 2.45) is 0 Å². The van der Waals surface area contributed by atoms with Crippen LogP contribution >= 0.6 is 0 Å². The molecule has 0 radical (unpaired) electrons. The van der Waals surface area contributed by atoms with E-state index in [1.54, 1.807) is 4.63 Å². The number of aromatic nitrogens is 4. The fraction of sp³-hybridized carbons (Fsp3) is 0.577. The van der Waals surface area contributed by atoms with Crippen LogP contribution in [0, 0.1) is 20.8 Å². The molecule has 2 N–H and O–H groups in total. The maximum atomic E-state index is 13.0. The number of nitrogens with one attached hydrogen (secondary N) is 2. The van der Waals surface area contributed by atoms with Crippen LogP contribution in [0.15, 0.2) is 18.2 Å². The van der Waals surface area contributed by atoms with Crippen LogP contribution in [0.5, 0.6) is 5.75 Å². The molecule has 0 aliphatic rings. The molecule has 7 nitrogen and oxygen atoms in total. The van der Waals surface area contributed by atoms with E-state index in [1.165, 1.54) is 18.4 Å². The van der Waals surface area contributed by atoms with Crippen molar-refractivity contribution in [1.29, 1.82) is 0 Å². The zero-order valence-electron chi connectivity index (χ0n) is 21.0. The number of rotatable bonds is 12. The highest BCUT2D eigenvalue weighted by molar-refractivity contribution is 5.81. The minimum absolute atomic E-state index is 0.0745. The number of hydrogen-bond acceptors (Lipinski definition) is 4. The number of unbranched alkanes of at least 4 members (excludes halogenated alkanes) is 3. The van der Waals surface area contributed by atoms with Crippen molar-refractivity contribution in [3.63, 3.8) is 0 Å². The Bertz CT molecular complexity index is 1070. The first-order valence-electron chi connectivity index (χ1n) is 12.3. The molecule has 1 unspecified atom stereocenters. The van der Waals surface area contributed by atoms with Gasteiger partial charge in [-0.25, -0.2) is 4.98 Å². The van der Waals surface area contributed by atoms with Crippen molar-refractivity contribution in [2.45, 2.75) is 92.1 Å². The van der Waals surface area contributed by atoms with Gasteiger partial charge in [0, 0.05) is 24.2 Å². The monoisotopic (exact) mass is 453 g/mol. The second-order valence-electron chi connectivity index (χ2n) is 9.33. The number of nitrogens with zero attached hydrogens (tertiary/aromatic N) is 3. The Morgan fingerprint density at radius 1 is 1.18 bits per heavy atom. The lowest BCUT2D eigenvalue weighted by Crippen LogP contribution is -2.39. The van der Waals surface area contributed by atoms with E-state index in [-0.39, 0.29) is 5.91 Å². The van der Waals surface area contributed by atoms with Crippen LogP contribution < -0.4 is 10.1 Å². The first kappa shape index (κ1) is 24.8. The number of fused-ring (bicyclic) bond motifs is 1. The number of hydrogen-bond donors (Lipinski definition) is 2. The Hall–Kier alpha value is -2.83. The third kappa shape index (κ3) is 6.36.